The number of amides is 1. The molecule has 0 fully saturated rings. The molecule has 1 amide bonds. The summed E-state index contributed by atoms with van der Waals surface area (Å²) in [5, 5.41) is 2.91. The second-order valence-corrected chi connectivity index (χ2v) is 5.15. The molecule has 1 N–H and O–H groups in total. The Labute approximate surface area is 132 Å². The quantitative estimate of drug-likeness (QED) is 0.627. The van der Waals surface area contributed by atoms with Gasteiger partial charge in [-0.25, -0.2) is 0 Å². The Balaban J connectivity index is 1.66. The maximum absolute atomic E-state index is 11.7. The summed E-state index contributed by atoms with van der Waals surface area (Å²) in [5.74, 6) is -0.0498. The molecule has 0 bridgehead atoms. The Hall–Kier alpha value is -2.55. The normalized spacial score (nSPS) is 10.6. The van der Waals surface area contributed by atoms with Crippen molar-refractivity contribution in [1.82, 2.24) is 5.32 Å². The summed E-state index contributed by atoms with van der Waals surface area (Å²) in [4.78, 5) is 13.9. The zero-order chi connectivity index (χ0) is 15.6. The Kier molecular flexibility index (Phi) is 6.24. The van der Waals surface area contributed by atoms with E-state index < -0.39 is 0 Å². The van der Waals surface area contributed by atoms with Crippen molar-refractivity contribution in [2.24, 2.45) is 0 Å². The molecule has 0 heterocycles. The topological polar surface area (TPSA) is 32.3 Å². The molecule has 0 aliphatic carbocycles. The number of rotatable bonds is 7. The minimum Gasteiger partial charge on any atom is -0.375 e. The first kappa shape index (κ1) is 15.8. The van der Waals surface area contributed by atoms with Gasteiger partial charge in [0.15, 0.2) is 0 Å². The van der Waals surface area contributed by atoms with E-state index >= 15 is 0 Å². The highest BCUT2D eigenvalue weighted by Crippen LogP contribution is 2.10. The van der Waals surface area contributed by atoms with Gasteiger partial charge in [0.2, 0.25) is 5.91 Å². The predicted molar refractivity (Wildman–Crippen MR) is 92.8 cm³/mol. The number of carbonyl (C=O) groups is 1. The van der Waals surface area contributed by atoms with Gasteiger partial charge >= 0.3 is 0 Å². The van der Waals surface area contributed by atoms with Crippen molar-refractivity contribution >= 4 is 17.7 Å². The molecule has 0 unspecified atom stereocenters. The molecule has 0 aliphatic heterocycles. The maximum Gasteiger partial charge on any atom is 0.244 e. The van der Waals surface area contributed by atoms with Gasteiger partial charge in [-0.2, -0.15) is 0 Å². The lowest BCUT2D eigenvalue weighted by atomic mass is 10.2. The van der Waals surface area contributed by atoms with Gasteiger partial charge in [0.05, 0.1) is 0 Å². The fourth-order valence-electron chi connectivity index (χ4n) is 2.13. The number of carbonyl (C=O) groups excluding carboxylic acids is 1. The standard InChI is InChI=1S/C19H22N2O/c1-21(18-11-6-3-7-12-18)16-8-15-20-19(22)14-13-17-9-4-2-5-10-17/h2-7,9-14H,8,15-16H2,1H3,(H,20,22)/b14-13+. The zero-order valence-corrected chi connectivity index (χ0v) is 12.9. The van der Waals surface area contributed by atoms with Crippen molar-refractivity contribution in [1.29, 1.82) is 0 Å². The van der Waals surface area contributed by atoms with Crippen LogP contribution in [0.2, 0.25) is 0 Å². The van der Waals surface area contributed by atoms with Gasteiger partial charge in [0, 0.05) is 31.9 Å². The lowest BCUT2D eigenvalue weighted by Crippen LogP contribution is -2.26. The van der Waals surface area contributed by atoms with Crippen LogP contribution in [0.1, 0.15) is 12.0 Å². The second kappa shape index (κ2) is 8.67. The third-order valence-electron chi connectivity index (χ3n) is 3.39. The van der Waals surface area contributed by atoms with Crippen LogP contribution >= 0.6 is 0 Å². The van der Waals surface area contributed by atoms with E-state index in [1.807, 2.05) is 54.6 Å². The minimum absolute atomic E-state index is 0.0498. The summed E-state index contributed by atoms with van der Waals surface area (Å²) in [7, 11) is 2.06. The van der Waals surface area contributed by atoms with Crippen LogP contribution in [-0.2, 0) is 4.79 Å². The van der Waals surface area contributed by atoms with Crippen LogP contribution < -0.4 is 10.2 Å². The summed E-state index contributed by atoms with van der Waals surface area (Å²) < 4.78 is 0. The number of hydrogen-bond acceptors (Lipinski definition) is 2. The molecule has 3 heteroatoms. The van der Waals surface area contributed by atoms with Gasteiger partial charge in [0.1, 0.15) is 0 Å². The average Bonchev–Trinajstić information content (AvgIpc) is 2.58. The lowest BCUT2D eigenvalue weighted by molar-refractivity contribution is -0.116. The van der Waals surface area contributed by atoms with Gasteiger partial charge in [-0.1, -0.05) is 48.5 Å². The Bertz CT molecular complexity index is 593. The highest BCUT2D eigenvalue weighted by Gasteiger charge is 2.00. The fourth-order valence-corrected chi connectivity index (χ4v) is 2.13. The Morgan fingerprint density at radius 3 is 2.36 bits per heavy atom. The molecular weight excluding hydrogens is 272 g/mol. The van der Waals surface area contributed by atoms with E-state index in [1.165, 1.54) is 5.69 Å². The van der Waals surface area contributed by atoms with Crippen molar-refractivity contribution < 1.29 is 4.79 Å². The van der Waals surface area contributed by atoms with Gasteiger partial charge in [-0.15, -0.1) is 0 Å². The molecule has 0 aliphatic rings. The van der Waals surface area contributed by atoms with E-state index in [4.69, 9.17) is 0 Å². The number of para-hydroxylation sites is 1. The zero-order valence-electron chi connectivity index (χ0n) is 12.9. The minimum atomic E-state index is -0.0498. The van der Waals surface area contributed by atoms with Gasteiger partial charge in [-0.3, -0.25) is 4.79 Å². The Morgan fingerprint density at radius 2 is 1.68 bits per heavy atom. The van der Waals surface area contributed by atoms with E-state index in [0.29, 0.717) is 6.54 Å². The van der Waals surface area contributed by atoms with E-state index in [-0.39, 0.29) is 5.91 Å². The molecule has 0 aromatic heterocycles. The summed E-state index contributed by atoms with van der Waals surface area (Å²) >= 11 is 0. The van der Waals surface area contributed by atoms with Crippen LogP contribution in [-0.4, -0.2) is 26.0 Å². The van der Waals surface area contributed by atoms with Gasteiger partial charge in [0.25, 0.3) is 0 Å². The van der Waals surface area contributed by atoms with Crippen molar-refractivity contribution in [2.45, 2.75) is 6.42 Å². The second-order valence-electron chi connectivity index (χ2n) is 5.15. The largest absolute Gasteiger partial charge is 0.375 e. The number of nitrogens with zero attached hydrogens (tertiary/aromatic N) is 1. The van der Waals surface area contributed by atoms with Crippen molar-refractivity contribution in [3.63, 3.8) is 0 Å². The fraction of sp³-hybridized carbons (Fsp3) is 0.211. The summed E-state index contributed by atoms with van der Waals surface area (Å²) in [5.41, 5.74) is 2.22. The van der Waals surface area contributed by atoms with Crippen LogP contribution in [0.15, 0.2) is 66.7 Å². The monoisotopic (exact) mass is 294 g/mol. The highest BCUT2D eigenvalue weighted by molar-refractivity contribution is 5.91. The molecule has 22 heavy (non-hydrogen) atoms. The maximum atomic E-state index is 11.7. The average molecular weight is 294 g/mol. The van der Waals surface area contributed by atoms with Crippen molar-refractivity contribution in [3.8, 4) is 0 Å². The van der Waals surface area contributed by atoms with Crippen LogP contribution in [0.3, 0.4) is 0 Å². The molecule has 0 saturated carbocycles. The van der Waals surface area contributed by atoms with E-state index in [0.717, 1.165) is 18.5 Å². The number of benzene rings is 2. The molecule has 0 saturated heterocycles. The summed E-state index contributed by atoms with van der Waals surface area (Å²) in [6, 6.07) is 20.1. The van der Waals surface area contributed by atoms with Gasteiger partial charge < -0.3 is 10.2 Å². The number of hydrogen-bond donors (Lipinski definition) is 1. The third kappa shape index (κ3) is 5.44. The first-order chi connectivity index (χ1) is 10.8. The first-order valence-electron chi connectivity index (χ1n) is 7.53. The van der Waals surface area contributed by atoms with Crippen LogP contribution in [0.5, 0.6) is 0 Å². The van der Waals surface area contributed by atoms with E-state index in [1.54, 1.807) is 6.08 Å². The van der Waals surface area contributed by atoms with E-state index in [2.05, 4.69) is 29.4 Å². The van der Waals surface area contributed by atoms with Crippen LogP contribution in [0, 0.1) is 0 Å². The Morgan fingerprint density at radius 1 is 1.05 bits per heavy atom. The number of nitrogens with one attached hydrogen (secondary N) is 1. The molecule has 2 rings (SSSR count). The molecule has 2 aromatic rings. The van der Waals surface area contributed by atoms with Gasteiger partial charge in [-0.05, 0) is 30.2 Å². The molecule has 0 radical (unpaired) electrons. The predicted octanol–water partition coefficient (Wildman–Crippen LogP) is 3.34. The van der Waals surface area contributed by atoms with E-state index in [9.17, 15) is 4.79 Å². The highest BCUT2D eigenvalue weighted by atomic mass is 16.1. The summed E-state index contributed by atoms with van der Waals surface area (Å²) in [6.45, 7) is 1.59. The van der Waals surface area contributed by atoms with Crippen LogP contribution in [0.25, 0.3) is 6.08 Å². The smallest absolute Gasteiger partial charge is 0.244 e. The third-order valence-corrected chi connectivity index (χ3v) is 3.39. The summed E-state index contributed by atoms with van der Waals surface area (Å²) in [6.07, 6.45) is 4.32. The van der Waals surface area contributed by atoms with Crippen LogP contribution in [0.4, 0.5) is 5.69 Å². The van der Waals surface area contributed by atoms with Crippen molar-refractivity contribution in [2.75, 3.05) is 25.0 Å². The molecule has 2 aromatic carbocycles. The lowest BCUT2D eigenvalue weighted by Gasteiger charge is -2.18. The molecular formula is C19H22N2O. The molecule has 0 atom stereocenters. The number of anilines is 1. The molecule has 114 valence electrons. The molecule has 0 spiro atoms. The van der Waals surface area contributed by atoms with Crippen molar-refractivity contribution in [3.05, 3.63) is 72.3 Å². The first-order valence-corrected chi connectivity index (χ1v) is 7.53. The molecule has 3 nitrogen and oxygen atoms in total. The SMILES string of the molecule is CN(CCCNC(=O)/C=C/c1ccccc1)c1ccccc1.